The molecule has 0 aromatic heterocycles. The second-order valence-corrected chi connectivity index (χ2v) is 5.39. The highest BCUT2D eigenvalue weighted by atomic mass is 16.5. The average molecular weight is 255 g/mol. The first-order chi connectivity index (χ1) is 8.68. The standard InChI is InChI=1S/C13H25N3O2/c1-15-6-5-14-10-12(15)9-13(17)16(2)11-3-7-18-8-4-11/h11-12,14H,3-10H2,1-2H3. The Morgan fingerprint density at radius 3 is 2.83 bits per heavy atom. The molecule has 104 valence electrons. The van der Waals surface area contributed by atoms with Crippen molar-refractivity contribution in [3.63, 3.8) is 0 Å². The number of nitrogens with zero attached hydrogens (tertiary/aromatic N) is 2. The van der Waals surface area contributed by atoms with Gasteiger partial charge in [-0.2, -0.15) is 0 Å². The summed E-state index contributed by atoms with van der Waals surface area (Å²) >= 11 is 0. The summed E-state index contributed by atoms with van der Waals surface area (Å²) in [6.45, 7) is 4.54. The lowest BCUT2D eigenvalue weighted by atomic mass is 10.1. The number of ether oxygens (including phenoxy) is 1. The first-order valence-electron chi connectivity index (χ1n) is 6.93. The number of nitrogens with one attached hydrogen (secondary N) is 1. The molecule has 0 aromatic carbocycles. The van der Waals surface area contributed by atoms with Crippen molar-refractivity contribution in [3.8, 4) is 0 Å². The summed E-state index contributed by atoms with van der Waals surface area (Å²) in [5.74, 6) is 0.266. The molecule has 2 rings (SSSR count). The molecular formula is C13H25N3O2. The third-order valence-electron chi connectivity index (χ3n) is 4.19. The van der Waals surface area contributed by atoms with Crippen LogP contribution in [0.15, 0.2) is 0 Å². The van der Waals surface area contributed by atoms with Crippen LogP contribution in [-0.2, 0) is 9.53 Å². The van der Waals surface area contributed by atoms with Crippen molar-refractivity contribution < 1.29 is 9.53 Å². The lowest BCUT2D eigenvalue weighted by Gasteiger charge is -2.36. The normalized spacial score (nSPS) is 27.1. The van der Waals surface area contributed by atoms with Gasteiger partial charge in [-0.3, -0.25) is 4.79 Å². The maximum atomic E-state index is 12.3. The molecule has 5 heteroatoms. The van der Waals surface area contributed by atoms with E-state index in [0.717, 1.165) is 45.7 Å². The Kier molecular flexibility index (Phi) is 4.97. The van der Waals surface area contributed by atoms with Crippen LogP contribution in [0.5, 0.6) is 0 Å². The highest BCUT2D eigenvalue weighted by Crippen LogP contribution is 2.15. The summed E-state index contributed by atoms with van der Waals surface area (Å²) in [6.07, 6.45) is 2.57. The fraction of sp³-hybridized carbons (Fsp3) is 0.923. The second kappa shape index (κ2) is 6.50. The summed E-state index contributed by atoms with van der Waals surface area (Å²) in [6, 6.07) is 0.710. The van der Waals surface area contributed by atoms with E-state index in [-0.39, 0.29) is 5.91 Å². The Morgan fingerprint density at radius 1 is 1.44 bits per heavy atom. The maximum absolute atomic E-state index is 12.3. The lowest BCUT2D eigenvalue weighted by molar-refractivity contribution is -0.135. The molecule has 0 spiro atoms. The SMILES string of the molecule is CN1CCNCC1CC(=O)N(C)C1CCOCC1. The minimum absolute atomic E-state index is 0.266. The maximum Gasteiger partial charge on any atom is 0.224 e. The third kappa shape index (κ3) is 3.43. The van der Waals surface area contributed by atoms with Gasteiger partial charge in [-0.15, -0.1) is 0 Å². The molecule has 2 aliphatic rings. The van der Waals surface area contributed by atoms with Crippen molar-refractivity contribution in [2.45, 2.75) is 31.3 Å². The fourth-order valence-electron chi connectivity index (χ4n) is 2.71. The van der Waals surface area contributed by atoms with Crippen molar-refractivity contribution in [1.82, 2.24) is 15.1 Å². The van der Waals surface area contributed by atoms with E-state index >= 15 is 0 Å². The molecule has 1 N–H and O–H groups in total. The van der Waals surface area contributed by atoms with Crippen LogP contribution in [0.4, 0.5) is 0 Å². The van der Waals surface area contributed by atoms with Gasteiger partial charge in [0.25, 0.3) is 0 Å². The van der Waals surface area contributed by atoms with Crippen LogP contribution in [0.3, 0.4) is 0 Å². The number of carbonyl (C=O) groups excluding carboxylic acids is 1. The number of carbonyl (C=O) groups is 1. The molecule has 0 saturated carbocycles. The van der Waals surface area contributed by atoms with Gasteiger partial charge in [-0.25, -0.2) is 0 Å². The van der Waals surface area contributed by atoms with Crippen LogP contribution in [0, 0.1) is 0 Å². The molecular weight excluding hydrogens is 230 g/mol. The van der Waals surface area contributed by atoms with Crippen molar-refractivity contribution >= 4 is 5.91 Å². The van der Waals surface area contributed by atoms with E-state index in [9.17, 15) is 4.79 Å². The van der Waals surface area contributed by atoms with Crippen LogP contribution in [0.1, 0.15) is 19.3 Å². The topological polar surface area (TPSA) is 44.8 Å². The van der Waals surface area contributed by atoms with E-state index in [1.54, 1.807) is 0 Å². The highest BCUT2D eigenvalue weighted by Gasteiger charge is 2.27. The van der Waals surface area contributed by atoms with Crippen LogP contribution < -0.4 is 5.32 Å². The monoisotopic (exact) mass is 255 g/mol. The Balaban J connectivity index is 1.82. The van der Waals surface area contributed by atoms with Crippen LogP contribution in [0.2, 0.25) is 0 Å². The molecule has 1 unspecified atom stereocenters. The first kappa shape index (κ1) is 13.8. The molecule has 1 amide bonds. The van der Waals surface area contributed by atoms with Gasteiger partial charge in [0.05, 0.1) is 0 Å². The van der Waals surface area contributed by atoms with Gasteiger partial charge < -0.3 is 19.9 Å². The summed E-state index contributed by atoms with van der Waals surface area (Å²) in [5, 5.41) is 3.36. The predicted molar refractivity (Wildman–Crippen MR) is 70.5 cm³/mol. The van der Waals surface area contributed by atoms with Gasteiger partial charge in [0.15, 0.2) is 0 Å². The van der Waals surface area contributed by atoms with Crippen molar-refractivity contribution in [2.75, 3.05) is 46.9 Å². The number of hydrogen-bond donors (Lipinski definition) is 1. The van der Waals surface area contributed by atoms with Crippen molar-refractivity contribution in [3.05, 3.63) is 0 Å². The summed E-state index contributed by atoms with van der Waals surface area (Å²) in [7, 11) is 4.04. The summed E-state index contributed by atoms with van der Waals surface area (Å²) in [4.78, 5) is 16.5. The first-order valence-corrected chi connectivity index (χ1v) is 6.93. The molecule has 2 saturated heterocycles. The zero-order valence-corrected chi connectivity index (χ0v) is 11.5. The number of rotatable bonds is 3. The molecule has 2 aliphatic heterocycles. The van der Waals surface area contributed by atoms with E-state index in [4.69, 9.17) is 4.74 Å². The van der Waals surface area contributed by atoms with Crippen LogP contribution in [-0.4, -0.2) is 74.7 Å². The van der Waals surface area contributed by atoms with Gasteiger partial charge >= 0.3 is 0 Å². The molecule has 18 heavy (non-hydrogen) atoms. The molecule has 0 aromatic rings. The highest BCUT2D eigenvalue weighted by molar-refractivity contribution is 5.77. The number of piperazine rings is 1. The smallest absolute Gasteiger partial charge is 0.224 e. The molecule has 5 nitrogen and oxygen atoms in total. The van der Waals surface area contributed by atoms with Gasteiger partial charge in [-0.05, 0) is 19.9 Å². The molecule has 0 bridgehead atoms. The third-order valence-corrected chi connectivity index (χ3v) is 4.19. The molecule has 0 radical (unpaired) electrons. The molecule has 1 atom stereocenters. The van der Waals surface area contributed by atoms with E-state index in [1.165, 1.54) is 0 Å². The second-order valence-electron chi connectivity index (χ2n) is 5.39. The summed E-state index contributed by atoms with van der Waals surface area (Å²) < 4.78 is 5.34. The van der Waals surface area contributed by atoms with Gasteiger partial charge in [0.1, 0.15) is 0 Å². The van der Waals surface area contributed by atoms with Crippen molar-refractivity contribution in [2.24, 2.45) is 0 Å². The van der Waals surface area contributed by atoms with E-state index in [2.05, 4.69) is 17.3 Å². The quantitative estimate of drug-likeness (QED) is 0.766. The number of likely N-dealkylation sites (N-methyl/N-ethyl adjacent to an activating group) is 1. The van der Waals surface area contributed by atoms with Crippen LogP contribution in [0.25, 0.3) is 0 Å². The Labute approximate surface area is 109 Å². The van der Waals surface area contributed by atoms with E-state index in [1.807, 2.05) is 11.9 Å². The van der Waals surface area contributed by atoms with Gasteiger partial charge in [-0.1, -0.05) is 0 Å². The fourth-order valence-corrected chi connectivity index (χ4v) is 2.71. The zero-order chi connectivity index (χ0) is 13.0. The number of amides is 1. The minimum atomic E-state index is 0.266. The zero-order valence-electron chi connectivity index (χ0n) is 11.5. The van der Waals surface area contributed by atoms with E-state index < -0.39 is 0 Å². The van der Waals surface area contributed by atoms with Gasteiger partial charge in [0, 0.05) is 58.4 Å². The van der Waals surface area contributed by atoms with Crippen molar-refractivity contribution in [1.29, 1.82) is 0 Å². The Morgan fingerprint density at radius 2 is 2.17 bits per heavy atom. The van der Waals surface area contributed by atoms with Gasteiger partial charge in [0.2, 0.25) is 5.91 Å². The predicted octanol–water partition coefficient (Wildman–Crippen LogP) is -0.0825. The van der Waals surface area contributed by atoms with E-state index in [0.29, 0.717) is 18.5 Å². The Hall–Kier alpha value is -0.650. The molecule has 2 heterocycles. The Bertz CT molecular complexity index is 279. The lowest BCUT2D eigenvalue weighted by Crippen LogP contribution is -2.52. The molecule has 2 fully saturated rings. The average Bonchev–Trinajstić information content (AvgIpc) is 2.41. The van der Waals surface area contributed by atoms with Crippen LogP contribution >= 0.6 is 0 Å². The minimum Gasteiger partial charge on any atom is -0.381 e. The molecule has 0 aliphatic carbocycles. The summed E-state index contributed by atoms with van der Waals surface area (Å²) in [5.41, 5.74) is 0. The largest absolute Gasteiger partial charge is 0.381 e. The number of hydrogen-bond acceptors (Lipinski definition) is 4.